The summed E-state index contributed by atoms with van der Waals surface area (Å²) in [5.74, 6) is 1.48. The first-order chi connectivity index (χ1) is 22.0. The second-order valence-corrected chi connectivity index (χ2v) is 12.1. The van der Waals surface area contributed by atoms with Crippen molar-refractivity contribution in [2.45, 2.75) is 47.4 Å². The molecule has 1 radical (unpaired) electrons. The largest absolute Gasteiger partial charge is 0.333 e. The molecule has 0 aliphatic heterocycles. The second kappa shape index (κ2) is 13.4. The third kappa shape index (κ3) is 6.32. The molecular formula is C39H35IrN3S-2. The number of aryl methyl sites for hydroxylation is 4. The predicted octanol–water partition coefficient (Wildman–Crippen LogP) is 10.6. The minimum absolute atomic E-state index is 0. The van der Waals surface area contributed by atoms with Crippen molar-refractivity contribution in [3.8, 4) is 28.3 Å². The van der Waals surface area contributed by atoms with Crippen molar-refractivity contribution in [2.24, 2.45) is 0 Å². The molecule has 0 aliphatic rings. The molecule has 0 aliphatic carbocycles. The number of aromatic nitrogens is 3. The standard InChI is InChI=1S/C27H25N2S.C12H10N.Ir/c1-16(2)20-10-11-21-22(15-30-25(21)14-20)27-28-23-8-6-7-9-24(23)29(27)26-18(4)12-17(3)13-19(26)5;1-10-7-8-12(13-9-10)11-5-3-2-4-6-11;/h6-14,16H,1-5H3;2-5,7-9H,1H3;/q2*-1;/i;1D3;. The summed E-state index contributed by atoms with van der Waals surface area (Å²) in [5.41, 5.74) is 11.5. The van der Waals surface area contributed by atoms with Gasteiger partial charge in [0.15, 0.2) is 0 Å². The van der Waals surface area contributed by atoms with E-state index in [2.05, 4.69) is 110 Å². The van der Waals surface area contributed by atoms with Gasteiger partial charge in [-0.25, -0.2) is 0 Å². The molecule has 0 unspecified atom stereocenters. The van der Waals surface area contributed by atoms with Gasteiger partial charge in [0.2, 0.25) is 0 Å². The van der Waals surface area contributed by atoms with E-state index in [4.69, 9.17) is 9.10 Å². The van der Waals surface area contributed by atoms with Crippen LogP contribution >= 0.6 is 11.3 Å². The van der Waals surface area contributed by atoms with Crippen LogP contribution in [0.15, 0.2) is 97.2 Å². The second-order valence-electron chi connectivity index (χ2n) is 11.2. The number of thiophene rings is 1. The number of hydrogen-bond donors (Lipinski definition) is 0. The van der Waals surface area contributed by atoms with Crippen molar-refractivity contribution in [1.29, 1.82) is 0 Å². The monoisotopic (exact) mass is 773 g/mol. The van der Waals surface area contributed by atoms with Gasteiger partial charge in [-0.2, -0.15) is 0 Å². The Morgan fingerprint density at radius 3 is 2.32 bits per heavy atom. The molecule has 0 N–H and O–H groups in total. The minimum Gasteiger partial charge on any atom is -0.333 e. The molecule has 0 fully saturated rings. The first-order valence-electron chi connectivity index (χ1n) is 15.9. The van der Waals surface area contributed by atoms with Crippen molar-refractivity contribution in [2.75, 3.05) is 0 Å². The van der Waals surface area contributed by atoms with Crippen molar-refractivity contribution in [3.05, 3.63) is 136 Å². The van der Waals surface area contributed by atoms with Crippen LogP contribution in [0.2, 0.25) is 0 Å². The number of nitrogens with zero attached hydrogens (tertiary/aromatic N) is 3. The van der Waals surface area contributed by atoms with Crippen LogP contribution in [-0.2, 0) is 20.1 Å². The smallest absolute Gasteiger partial charge is 0.0774 e. The molecule has 223 valence electrons. The molecule has 0 atom stereocenters. The van der Waals surface area contributed by atoms with Gasteiger partial charge in [0.1, 0.15) is 0 Å². The Hall–Kier alpha value is -3.89. The van der Waals surface area contributed by atoms with Gasteiger partial charge in [0, 0.05) is 36.1 Å². The summed E-state index contributed by atoms with van der Waals surface area (Å²) < 4.78 is 25.3. The summed E-state index contributed by atoms with van der Waals surface area (Å²) in [5, 5.41) is 4.80. The third-order valence-corrected chi connectivity index (χ3v) is 8.46. The van der Waals surface area contributed by atoms with Gasteiger partial charge in [-0.3, -0.25) is 16.3 Å². The fraction of sp³-hybridized carbons (Fsp3) is 0.179. The van der Waals surface area contributed by atoms with Crippen LogP contribution in [-0.4, -0.2) is 14.5 Å². The number of rotatable bonds is 4. The molecule has 0 spiro atoms. The van der Waals surface area contributed by atoms with Gasteiger partial charge in [-0.15, -0.1) is 47.3 Å². The van der Waals surface area contributed by atoms with Crippen LogP contribution < -0.4 is 0 Å². The number of para-hydroxylation sites is 2. The maximum atomic E-state index is 7.23. The average molecular weight is 773 g/mol. The van der Waals surface area contributed by atoms with Crippen molar-refractivity contribution < 1.29 is 24.2 Å². The summed E-state index contributed by atoms with van der Waals surface area (Å²) in [7, 11) is 0. The molecule has 3 aromatic heterocycles. The molecule has 44 heavy (non-hydrogen) atoms. The van der Waals surface area contributed by atoms with Gasteiger partial charge >= 0.3 is 0 Å². The first kappa shape index (κ1) is 27.6. The Bertz CT molecular complexity index is 2120. The van der Waals surface area contributed by atoms with Crippen LogP contribution in [0, 0.1) is 39.1 Å². The van der Waals surface area contributed by atoms with E-state index in [9.17, 15) is 0 Å². The van der Waals surface area contributed by atoms with E-state index in [1.165, 1.54) is 44.2 Å². The molecule has 7 rings (SSSR count). The first-order valence-corrected chi connectivity index (χ1v) is 15.3. The number of pyridine rings is 1. The predicted molar refractivity (Wildman–Crippen MR) is 182 cm³/mol. The molecule has 4 aromatic carbocycles. The number of fused-ring (bicyclic) bond motifs is 2. The molecule has 3 heterocycles. The third-order valence-electron chi connectivity index (χ3n) is 7.60. The van der Waals surface area contributed by atoms with E-state index in [1.807, 2.05) is 18.2 Å². The zero-order valence-electron chi connectivity index (χ0n) is 28.4. The summed E-state index contributed by atoms with van der Waals surface area (Å²) in [4.78, 5) is 9.21. The molecule has 0 amide bonds. The van der Waals surface area contributed by atoms with E-state index in [-0.39, 0.29) is 25.7 Å². The molecule has 5 heteroatoms. The van der Waals surface area contributed by atoms with Crippen LogP contribution in [0.3, 0.4) is 0 Å². The quantitative estimate of drug-likeness (QED) is 0.167. The molecule has 0 bridgehead atoms. The summed E-state index contributed by atoms with van der Waals surface area (Å²) >= 11 is 1.69. The maximum absolute atomic E-state index is 7.23. The zero-order valence-corrected chi connectivity index (χ0v) is 28.6. The summed E-state index contributed by atoms with van der Waals surface area (Å²) in [6.45, 7) is 8.93. The zero-order chi connectivity index (χ0) is 32.6. The Morgan fingerprint density at radius 2 is 1.64 bits per heavy atom. The van der Waals surface area contributed by atoms with E-state index in [0.717, 1.165) is 33.7 Å². The van der Waals surface area contributed by atoms with E-state index in [1.54, 1.807) is 29.5 Å². The SMILES string of the molecule is Cc1cc(C)c(-n2c(-c3[c-]sc4cc(C(C)C)ccc34)nc3ccccc32)c(C)c1.[2H]C([2H])([2H])c1ccc(-c2[c-]cccc2)nc1.[Ir]. The summed E-state index contributed by atoms with van der Waals surface area (Å²) in [6.07, 6.45) is 1.39. The Labute approximate surface area is 282 Å². The van der Waals surface area contributed by atoms with Crippen molar-refractivity contribution in [3.63, 3.8) is 0 Å². The molecule has 7 aromatic rings. The fourth-order valence-electron chi connectivity index (χ4n) is 5.57. The van der Waals surface area contributed by atoms with Crippen LogP contribution in [0.5, 0.6) is 0 Å². The van der Waals surface area contributed by atoms with Crippen LogP contribution in [0.25, 0.3) is 49.5 Å². The van der Waals surface area contributed by atoms with Gasteiger partial charge in [-0.1, -0.05) is 89.1 Å². The number of benzene rings is 4. The average Bonchev–Trinajstić information content (AvgIpc) is 3.62. The summed E-state index contributed by atoms with van der Waals surface area (Å²) in [6, 6.07) is 33.5. The van der Waals surface area contributed by atoms with Crippen molar-refractivity contribution in [1.82, 2.24) is 14.5 Å². The van der Waals surface area contributed by atoms with Gasteiger partial charge < -0.3 is 9.55 Å². The maximum Gasteiger partial charge on any atom is 0.0774 e. The van der Waals surface area contributed by atoms with Crippen LogP contribution in [0.1, 0.15) is 51.7 Å². The molecule has 0 saturated carbocycles. The molecule has 3 nitrogen and oxygen atoms in total. The number of hydrogen-bond acceptors (Lipinski definition) is 3. The fourth-order valence-corrected chi connectivity index (χ4v) is 6.46. The Balaban J connectivity index is 0.000000217. The van der Waals surface area contributed by atoms with Crippen molar-refractivity contribution >= 4 is 32.5 Å². The van der Waals surface area contributed by atoms with Crippen LogP contribution in [0.4, 0.5) is 0 Å². The van der Waals surface area contributed by atoms with E-state index in [0.29, 0.717) is 5.92 Å². The van der Waals surface area contributed by atoms with Gasteiger partial charge in [0.05, 0.1) is 16.9 Å². The Morgan fingerprint density at radius 1 is 0.864 bits per heavy atom. The topological polar surface area (TPSA) is 30.7 Å². The minimum atomic E-state index is -2.09. The number of imidazole rings is 1. The molecular weight excluding hydrogens is 735 g/mol. The van der Waals surface area contributed by atoms with Gasteiger partial charge in [-0.05, 0) is 68.1 Å². The molecule has 0 saturated heterocycles. The van der Waals surface area contributed by atoms with E-state index >= 15 is 0 Å². The van der Waals surface area contributed by atoms with Gasteiger partial charge in [0.25, 0.3) is 0 Å². The van der Waals surface area contributed by atoms with E-state index < -0.39 is 6.85 Å². The Kier molecular flexibility index (Phi) is 8.42. The normalized spacial score (nSPS) is 12.3.